The summed E-state index contributed by atoms with van der Waals surface area (Å²) in [4.78, 5) is 12.7. The number of hydrogen-bond acceptors (Lipinski definition) is 4. The van der Waals surface area contributed by atoms with Crippen molar-refractivity contribution in [3.8, 4) is 0 Å². The van der Waals surface area contributed by atoms with E-state index >= 15 is 0 Å². The zero-order chi connectivity index (χ0) is 13.7. The number of thiocarbonyl (C=S) groups is 1. The van der Waals surface area contributed by atoms with E-state index in [1.807, 2.05) is 6.07 Å². The number of aromatic nitrogens is 2. The van der Waals surface area contributed by atoms with Crippen LogP contribution in [-0.4, -0.2) is 21.1 Å². The summed E-state index contributed by atoms with van der Waals surface area (Å²) >= 11 is 5.12. The normalized spacial score (nSPS) is 17.7. The van der Waals surface area contributed by atoms with Gasteiger partial charge in [0.25, 0.3) is 0 Å². The number of rotatable bonds is 4. The zero-order valence-corrected chi connectivity index (χ0v) is 11.6. The van der Waals surface area contributed by atoms with Gasteiger partial charge in [-0.1, -0.05) is 31.5 Å². The van der Waals surface area contributed by atoms with Gasteiger partial charge in [0.1, 0.15) is 0 Å². The third-order valence-corrected chi connectivity index (χ3v) is 4.06. The molecule has 0 spiro atoms. The molecule has 5 nitrogen and oxygen atoms in total. The molecule has 0 atom stereocenters. The van der Waals surface area contributed by atoms with Gasteiger partial charge in [0, 0.05) is 6.20 Å². The van der Waals surface area contributed by atoms with Gasteiger partial charge >= 0.3 is 0 Å². The molecule has 1 fully saturated rings. The lowest BCUT2D eigenvalue weighted by Gasteiger charge is -2.34. The van der Waals surface area contributed by atoms with Crippen LogP contribution in [0.2, 0.25) is 0 Å². The maximum Gasteiger partial charge on any atom is 0.233 e. The molecule has 1 heterocycles. The van der Waals surface area contributed by atoms with Gasteiger partial charge in [-0.2, -0.15) is 10.2 Å². The van der Waals surface area contributed by atoms with Gasteiger partial charge in [0.15, 0.2) is 0 Å². The van der Waals surface area contributed by atoms with Crippen molar-refractivity contribution in [3.05, 3.63) is 24.0 Å². The van der Waals surface area contributed by atoms with Crippen molar-refractivity contribution in [3.63, 3.8) is 0 Å². The fourth-order valence-corrected chi connectivity index (χ4v) is 2.81. The third kappa shape index (κ3) is 3.07. The van der Waals surface area contributed by atoms with Crippen LogP contribution in [0.5, 0.6) is 0 Å². The fourth-order valence-electron chi connectivity index (χ4n) is 2.51. The number of nitrogens with one attached hydrogen (secondary N) is 1. The van der Waals surface area contributed by atoms with Crippen LogP contribution < -0.4 is 11.1 Å². The monoisotopic (exact) mass is 278 g/mol. The Hall–Kier alpha value is -1.56. The average Bonchev–Trinajstić information content (AvgIpc) is 2.46. The Morgan fingerprint density at radius 3 is 2.74 bits per heavy atom. The van der Waals surface area contributed by atoms with Crippen LogP contribution in [0.3, 0.4) is 0 Å². The van der Waals surface area contributed by atoms with E-state index < -0.39 is 5.41 Å². The van der Waals surface area contributed by atoms with Crippen LogP contribution in [0, 0.1) is 5.41 Å². The van der Waals surface area contributed by atoms with Crippen LogP contribution in [0.4, 0.5) is 0 Å². The van der Waals surface area contributed by atoms with Crippen molar-refractivity contribution >= 4 is 23.1 Å². The van der Waals surface area contributed by atoms with Gasteiger partial charge in [0.2, 0.25) is 5.91 Å². The predicted octanol–water partition coefficient (Wildman–Crippen LogP) is 1.33. The minimum atomic E-state index is -0.671. The molecule has 0 unspecified atom stereocenters. The first kappa shape index (κ1) is 13.9. The van der Waals surface area contributed by atoms with E-state index in [0.717, 1.165) is 37.8 Å². The second-order valence-electron chi connectivity index (χ2n) is 4.90. The van der Waals surface area contributed by atoms with Crippen LogP contribution in [0.15, 0.2) is 18.3 Å². The van der Waals surface area contributed by atoms with Gasteiger partial charge < -0.3 is 11.1 Å². The second kappa shape index (κ2) is 6.06. The molecule has 6 heteroatoms. The Kier molecular flexibility index (Phi) is 4.42. The first-order chi connectivity index (χ1) is 9.15. The van der Waals surface area contributed by atoms with Crippen LogP contribution in [0.1, 0.15) is 37.8 Å². The van der Waals surface area contributed by atoms with E-state index in [2.05, 4.69) is 15.5 Å². The number of carbonyl (C=O) groups is 1. The molecule has 1 aliphatic rings. The first-order valence-electron chi connectivity index (χ1n) is 6.50. The molecule has 0 saturated heterocycles. The molecule has 102 valence electrons. The van der Waals surface area contributed by atoms with Crippen molar-refractivity contribution < 1.29 is 4.79 Å². The molecular formula is C13H18N4OS. The second-order valence-corrected chi connectivity index (χ2v) is 5.34. The Morgan fingerprint density at radius 2 is 2.16 bits per heavy atom. The van der Waals surface area contributed by atoms with E-state index in [1.54, 1.807) is 12.3 Å². The van der Waals surface area contributed by atoms with E-state index in [4.69, 9.17) is 18.0 Å². The van der Waals surface area contributed by atoms with E-state index in [9.17, 15) is 4.79 Å². The molecule has 2 rings (SSSR count). The third-order valence-electron chi connectivity index (χ3n) is 3.67. The molecule has 0 aromatic carbocycles. The van der Waals surface area contributed by atoms with Crippen LogP contribution in [-0.2, 0) is 11.3 Å². The maximum atomic E-state index is 12.4. The summed E-state index contributed by atoms with van der Waals surface area (Å²) in [5, 5.41) is 10.6. The Balaban J connectivity index is 2.02. The average molecular weight is 278 g/mol. The lowest BCUT2D eigenvalue weighted by Crippen LogP contribution is -2.49. The highest BCUT2D eigenvalue weighted by atomic mass is 32.1. The minimum absolute atomic E-state index is 0.0784. The maximum absolute atomic E-state index is 12.4. The van der Waals surface area contributed by atoms with Crippen molar-refractivity contribution in [1.82, 2.24) is 15.5 Å². The molecule has 1 aliphatic carbocycles. The highest BCUT2D eigenvalue weighted by Crippen LogP contribution is 2.36. The summed E-state index contributed by atoms with van der Waals surface area (Å²) in [6.07, 6.45) is 6.22. The highest BCUT2D eigenvalue weighted by Gasteiger charge is 2.42. The molecule has 1 amide bonds. The first-order valence-corrected chi connectivity index (χ1v) is 6.91. The van der Waals surface area contributed by atoms with Gasteiger partial charge in [0.05, 0.1) is 22.6 Å². The molecule has 0 bridgehead atoms. The Labute approximate surface area is 118 Å². The summed E-state index contributed by atoms with van der Waals surface area (Å²) in [6.45, 7) is 0.358. The lowest BCUT2D eigenvalue weighted by molar-refractivity contribution is -0.129. The smallest absolute Gasteiger partial charge is 0.233 e. The molecule has 0 aliphatic heterocycles. The molecule has 1 aromatic rings. The van der Waals surface area contributed by atoms with Crippen molar-refractivity contribution in [2.45, 2.75) is 38.6 Å². The van der Waals surface area contributed by atoms with Crippen molar-refractivity contribution in [2.75, 3.05) is 0 Å². The SMILES string of the molecule is NC(=S)C1(C(=O)NCc2cccnn2)CCCCC1. The number of amides is 1. The fraction of sp³-hybridized carbons (Fsp3) is 0.538. The topological polar surface area (TPSA) is 80.9 Å². The van der Waals surface area contributed by atoms with Gasteiger partial charge in [-0.15, -0.1) is 0 Å². The molecular weight excluding hydrogens is 260 g/mol. The number of carbonyl (C=O) groups excluding carboxylic acids is 1. The standard InChI is InChI=1S/C13H18N4OS/c14-11(19)13(6-2-1-3-7-13)12(18)15-9-10-5-4-8-16-17-10/h4-5,8H,1-3,6-7,9H2,(H2,14,19)(H,15,18). The molecule has 1 saturated carbocycles. The largest absolute Gasteiger partial charge is 0.392 e. The summed E-state index contributed by atoms with van der Waals surface area (Å²) in [6, 6.07) is 3.61. The summed E-state index contributed by atoms with van der Waals surface area (Å²) < 4.78 is 0. The van der Waals surface area contributed by atoms with E-state index in [1.165, 1.54) is 0 Å². The summed E-state index contributed by atoms with van der Waals surface area (Å²) in [7, 11) is 0. The van der Waals surface area contributed by atoms with Gasteiger partial charge in [-0.3, -0.25) is 4.79 Å². The van der Waals surface area contributed by atoms with Crippen LogP contribution >= 0.6 is 12.2 Å². The van der Waals surface area contributed by atoms with Gasteiger partial charge in [-0.25, -0.2) is 0 Å². The summed E-state index contributed by atoms with van der Waals surface area (Å²) in [5.74, 6) is -0.0784. The predicted molar refractivity (Wildman–Crippen MR) is 76.2 cm³/mol. The van der Waals surface area contributed by atoms with Crippen LogP contribution in [0.25, 0.3) is 0 Å². The zero-order valence-electron chi connectivity index (χ0n) is 10.8. The molecule has 1 aromatic heterocycles. The minimum Gasteiger partial charge on any atom is -0.392 e. The van der Waals surface area contributed by atoms with Crippen molar-refractivity contribution in [2.24, 2.45) is 11.1 Å². The number of nitrogens with two attached hydrogens (primary N) is 1. The quantitative estimate of drug-likeness (QED) is 0.812. The Morgan fingerprint density at radius 1 is 1.42 bits per heavy atom. The van der Waals surface area contributed by atoms with E-state index in [0.29, 0.717) is 11.5 Å². The van der Waals surface area contributed by atoms with Gasteiger partial charge in [-0.05, 0) is 25.0 Å². The molecule has 3 N–H and O–H groups in total. The number of hydrogen-bond donors (Lipinski definition) is 2. The Bertz CT molecular complexity index is 457. The highest BCUT2D eigenvalue weighted by molar-refractivity contribution is 7.80. The van der Waals surface area contributed by atoms with Crippen molar-refractivity contribution in [1.29, 1.82) is 0 Å². The molecule has 0 radical (unpaired) electrons. The summed E-state index contributed by atoms with van der Waals surface area (Å²) in [5.41, 5.74) is 5.87. The number of nitrogens with zero attached hydrogens (tertiary/aromatic N) is 2. The van der Waals surface area contributed by atoms with E-state index in [-0.39, 0.29) is 5.91 Å². The molecule has 19 heavy (non-hydrogen) atoms. The lowest BCUT2D eigenvalue weighted by atomic mass is 9.73.